The molecule has 1 unspecified atom stereocenters. The van der Waals surface area contributed by atoms with Gasteiger partial charge in [-0.05, 0) is 36.2 Å². The van der Waals surface area contributed by atoms with Crippen LogP contribution in [0.2, 0.25) is 0 Å². The lowest BCUT2D eigenvalue weighted by molar-refractivity contribution is 0.0697. The molecule has 0 radical (unpaired) electrons. The van der Waals surface area contributed by atoms with Crippen molar-refractivity contribution >= 4 is 11.7 Å². The third-order valence-corrected chi connectivity index (χ3v) is 4.73. The summed E-state index contributed by atoms with van der Waals surface area (Å²) in [5.41, 5.74) is 3.80. The van der Waals surface area contributed by atoms with Gasteiger partial charge in [0.25, 0.3) is 0 Å². The van der Waals surface area contributed by atoms with E-state index in [1.807, 2.05) is 24.3 Å². The van der Waals surface area contributed by atoms with E-state index in [2.05, 4.69) is 27.4 Å². The van der Waals surface area contributed by atoms with E-state index in [4.69, 9.17) is 4.74 Å². The molecule has 4 rings (SSSR count). The number of nitrogens with one attached hydrogen (secondary N) is 1. The second kappa shape index (κ2) is 7.45. The average molecular weight is 361 g/mol. The fourth-order valence-corrected chi connectivity index (χ4v) is 3.32. The Morgan fingerprint density at radius 1 is 1.22 bits per heavy atom. The van der Waals surface area contributed by atoms with Crippen molar-refractivity contribution in [1.82, 2.24) is 9.97 Å². The smallest absolute Gasteiger partial charge is 0.337 e. The predicted molar refractivity (Wildman–Crippen MR) is 102 cm³/mol. The van der Waals surface area contributed by atoms with Crippen molar-refractivity contribution in [3.63, 3.8) is 0 Å². The molecular formula is C21H19N3O3. The number of nitrogens with zero attached hydrogens (tertiary/aromatic N) is 2. The second-order valence-corrected chi connectivity index (χ2v) is 6.41. The first-order valence-electron chi connectivity index (χ1n) is 8.81. The molecule has 27 heavy (non-hydrogen) atoms. The zero-order valence-electron chi connectivity index (χ0n) is 14.6. The van der Waals surface area contributed by atoms with Gasteiger partial charge in [0.2, 0.25) is 0 Å². The molecule has 0 saturated carbocycles. The average Bonchev–Trinajstić information content (AvgIpc) is 2.72. The number of benzene rings is 1. The highest BCUT2D eigenvalue weighted by molar-refractivity contribution is 5.93. The number of carbonyl (C=O) groups is 1. The van der Waals surface area contributed by atoms with Crippen LogP contribution in [-0.2, 0) is 0 Å². The van der Waals surface area contributed by atoms with Gasteiger partial charge in [0.15, 0.2) is 0 Å². The number of carboxylic acids is 1. The minimum Gasteiger partial charge on any atom is -0.493 e. The predicted octanol–water partition coefficient (Wildman–Crippen LogP) is 3.82. The van der Waals surface area contributed by atoms with E-state index < -0.39 is 5.97 Å². The largest absolute Gasteiger partial charge is 0.493 e. The Bertz CT molecular complexity index is 960. The Morgan fingerprint density at radius 2 is 2.15 bits per heavy atom. The lowest BCUT2D eigenvalue weighted by atomic mass is 9.91. The molecule has 3 heterocycles. The summed E-state index contributed by atoms with van der Waals surface area (Å²) in [5.74, 6) is 0.126. The molecule has 6 nitrogen and oxygen atoms in total. The van der Waals surface area contributed by atoms with Gasteiger partial charge in [0, 0.05) is 30.4 Å². The van der Waals surface area contributed by atoms with E-state index in [-0.39, 0.29) is 11.5 Å². The molecule has 136 valence electrons. The van der Waals surface area contributed by atoms with Crippen LogP contribution in [0.5, 0.6) is 5.75 Å². The normalized spacial score (nSPS) is 15.5. The maximum Gasteiger partial charge on any atom is 0.337 e. The maximum atomic E-state index is 11.3. The van der Waals surface area contributed by atoms with Crippen LogP contribution in [0.1, 0.15) is 28.3 Å². The van der Waals surface area contributed by atoms with Gasteiger partial charge in [-0.1, -0.05) is 18.2 Å². The Kier molecular flexibility index (Phi) is 4.70. The number of hydrogen-bond donors (Lipinski definition) is 2. The van der Waals surface area contributed by atoms with Crippen molar-refractivity contribution in [3.05, 3.63) is 72.2 Å². The summed E-state index contributed by atoms with van der Waals surface area (Å²) < 4.78 is 5.87. The molecule has 1 atom stereocenters. The van der Waals surface area contributed by atoms with Crippen LogP contribution in [0.4, 0.5) is 5.69 Å². The molecule has 1 aromatic carbocycles. The van der Waals surface area contributed by atoms with Crippen LogP contribution in [0.15, 0.2) is 61.1 Å². The molecule has 0 fully saturated rings. The molecule has 0 aliphatic carbocycles. The minimum atomic E-state index is -0.965. The number of ether oxygens (including phenoxy) is 1. The van der Waals surface area contributed by atoms with E-state index in [1.54, 1.807) is 12.4 Å². The molecule has 6 heteroatoms. The van der Waals surface area contributed by atoms with Gasteiger partial charge >= 0.3 is 5.97 Å². The summed E-state index contributed by atoms with van der Waals surface area (Å²) in [6, 6.07) is 13.5. The standard InChI is InChI=1S/C21H19N3O3/c25-21(26)17-6-9-22-13-19(17)24-12-15-7-10-27-20-11-14(4-5-16(15)20)18-3-1-2-8-23-18/h1-6,8-9,11,13,15,24H,7,10,12H2,(H,25,26). The second-order valence-electron chi connectivity index (χ2n) is 6.41. The molecule has 0 saturated heterocycles. The van der Waals surface area contributed by atoms with Gasteiger partial charge in [0.05, 0.1) is 29.7 Å². The summed E-state index contributed by atoms with van der Waals surface area (Å²) in [7, 11) is 0. The summed E-state index contributed by atoms with van der Waals surface area (Å²) in [6.45, 7) is 1.25. The summed E-state index contributed by atoms with van der Waals surface area (Å²) in [4.78, 5) is 19.8. The fraction of sp³-hybridized carbons (Fsp3) is 0.190. The first-order valence-corrected chi connectivity index (χ1v) is 8.81. The lowest BCUT2D eigenvalue weighted by Gasteiger charge is -2.27. The minimum absolute atomic E-state index is 0.225. The number of anilines is 1. The van der Waals surface area contributed by atoms with Crippen LogP contribution < -0.4 is 10.1 Å². The molecule has 0 spiro atoms. The molecule has 0 amide bonds. The van der Waals surface area contributed by atoms with Crippen molar-refractivity contribution in [2.75, 3.05) is 18.5 Å². The fourth-order valence-electron chi connectivity index (χ4n) is 3.32. The molecule has 2 aromatic heterocycles. The van der Waals surface area contributed by atoms with E-state index in [9.17, 15) is 9.90 Å². The Hall–Kier alpha value is -3.41. The number of aromatic carboxylic acids is 1. The van der Waals surface area contributed by atoms with Crippen molar-refractivity contribution in [2.24, 2.45) is 0 Å². The lowest BCUT2D eigenvalue weighted by Crippen LogP contribution is -2.21. The Balaban J connectivity index is 1.55. The SMILES string of the molecule is O=C(O)c1ccncc1NCC1CCOc2cc(-c3ccccn3)ccc21. The van der Waals surface area contributed by atoms with Crippen molar-refractivity contribution < 1.29 is 14.6 Å². The van der Waals surface area contributed by atoms with Crippen LogP contribution >= 0.6 is 0 Å². The van der Waals surface area contributed by atoms with Crippen molar-refractivity contribution in [3.8, 4) is 17.0 Å². The van der Waals surface area contributed by atoms with Gasteiger partial charge in [-0.15, -0.1) is 0 Å². The summed E-state index contributed by atoms with van der Waals surface area (Å²) >= 11 is 0. The number of rotatable bonds is 5. The maximum absolute atomic E-state index is 11.3. The number of carboxylic acid groups (broad SMARTS) is 1. The van der Waals surface area contributed by atoms with Crippen LogP contribution in [0.25, 0.3) is 11.3 Å². The van der Waals surface area contributed by atoms with Gasteiger partial charge in [-0.3, -0.25) is 9.97 Å². The van der Waals surface area contributed by atoms with Gasteiger partial charge < -0.3 is 15.2 Å². The van der Waals surface area contributed by atoms with E-state index in [0.717, 1.165) is 29.0 Å². The zero-order chi connectivity index (χ0) is 18.6. The van der Waals surface area contributed by atoms with Crippen molar-refractivity contribution in [2.45, 2.75) is 12.3 Å². The summed E-state index contributed by atoms with van der Waals surface area (Å²) in [5, 5.41) is 12.5. The number of fused-ring (bicyclic) bond motifs is 1. The Morgan fingerprint density at radius 3 is 2.96 bits per heavy atom. The highest BCUT2D eigenvalue weighted by Crippen LogP contribution is 2.36. The van der Waals surface area contributed by atoms with Gasteiger partial charge in [-0.25, -0.2) is 4.79 Å². The van der Waals surface area contributed by atoms with Crippen LogP contribution in [-0.4, -0.2) is 34.2 Å². The highest BCUT2D eigenvalue weighted by Gasteiger charge is 2.22. The Labute approximate surface area is 156 Å². The molecule has 2 N–H and O–H groups in total. The van der Waals surface area contributed by atoms with Gasteiger partial charge in [0.1, 0.15) is 5.75 Å². The molecule has 1 aliphatic heterocycles. The number of aromatic nitrogens is 2. The topological polar surface area (TPSA) is 84.3 Å². The quantitative estimate of drug-likeness (QED) is 0.719. The first kappa shape index (κ1) is 17.0. The van der Waals surface area contributed by atoms with Crippen LogP contribution in [0.3, 0.4) is 0 Å². The van der Waals surface area contributed by atoms with E-state index in [1.165, 1.54) is 12.3 Å². The van der Waals surface area contributed by atoms with E-state index >= 15 is 0 Å². The highest BCUT2D eigenvalue weighted by atomic mass is 16.5. The molecular weight excluding hydrogens is 342 g/mol. The summed E-state index contributed by atoms with van der Waals surface area (Å²) in [6.07, 6.45) is 5.67. The molecule has 0 bridgehead atoms. The van der Waals surface area contributed by atoms with Gasteiger partial charge in [-0.2, -0.15) is 0 Å². The monoisotopic (exact) mass is 361 g/mol. The molecule has 1 aliphatic rings. The number of pyridine rings is 2. The third kappa shape index (κ3) is 3.60. The van der Waals surface area contributed by atoms with Crippen LogP contribution in [0, 0.1) is 0 Å². The van der Waals surface area contributed by atoms with E-state index in [0.29, 0.717) is 18.8 Å². The van der Waals surface area contributed by atoms with Crippen molar-refractivity contribution in [1.29, 1.82) is 0 Å². The molecule has 3 aromatic rings. The first-order chi connectivity index (χ1) is 13.2. The zero-order valence-corrected chi connectivity index (χ0v) is 14.6. The number of hydrogen-bond acceptors (Lipinski definition) is 5. The third-order valence-electron chi connectivity index (χ3n) is 4.73.